The number of allylic oxidation sites excluding steroid dienone is 4. The van der Waals surface area contributed by atoms with Crippen LogP contribution < -0.4 is 4.90 Å². The van der Waals surface area contributed by atoms with Crippen molar-refractivity contribution in [3.05, 3.63) is 41.1 Å². The monoisotopic (exact) mass is 486 g/mol. The number of alkyl halides is 3. The van der Waals surface area contributed by atoms with Crippen LogP contribution in [0.1, 0.15) is 25.8 Å². The Morgan fingerprint density at radius 2 is 1.91 bits per heavy atom. The molecule has 172 valence electrons. The Hall–Kier alpha value is -2.33. The summed E-state index contributed by atoms with van der Waals surface area (Å²) in [6, 6.07) is -0.620. The molecule has 32 heavy (non-hydrogen) atoms. The second-order valence-corrected chi connectivity index (χ2v) is 9.79. The Kier molecular flexibility index (Phi) is 6.76. The zero-order valence-electron chi connectivity index (χ0n) is 17.3. The molecule has 1 aromatic heterocycles. The number of hydrogen-bond acceptors (Lipinski definition) is 7. The van der Waals surface area contributed by atoms with Crippen LogP contribution >= 0.6 is 12.2 Å². The van der Waals surface area contributed by atoms with Crippen LogP contribution in [0.5, 0.6) is 0 Å². The molecule has 2 heterocycles. The second kappa shape index (κ2) is 8.90. The smallest absolute Gasteiger partial charge is 0.376 e. The highest BCUT2D eigenvalue weighted by molar-refractivity contribution is 7.96. The van der Waals surface area contributed by atoms with E-state index in [0.29, 0.717) is 18.2 Å². The van der Waals surface area contributed by atoms with Crippen LogP contribution in [0, 0.1) is 11.8 Å². The van der Waals surface area contributed by atoms with E-state index in [9.17, 15) is 26.7 Å². The van der Waals surface area contributed by atoms with E-state index in [4.69, 9.17) is 12.2 Å². The predicted octanol–water partition coefficient (Wildman–Crippen LogP) is 2.30. The number of hydrogen-bond donors (Lipinski definition) is 1. The first-order chi connectivity index (χ1) is 14.9. The van der Waals surface area contributed by atoms with Gasteiger partial charge in [-0.25, -0.2) is 18.4 Å². The van der Waals surface area contributed by atoms with E-state index < -0.39 is 33.4 Å². The molecule has 3 rings (SSSR count). The van der Waals surface area contributed by atoms with E-state index in [1.807, 2.05) is 0 Å². The van der Waals surface area contributed by atoms with Gasteiger partial charge in [-0.3, -0.25) is 0 Å². The van der Waals surface area contributed by atoms with Crippen molar-refractivity contribution in [1.82, 2.24) is 14.3 Å². The number of sulfonamides is 1. The summed E-state index contributed by atoms with van der Waals surface area (Å²) in [5, 5.41) is 9.79. The summed E-state index contributed by atoms with van der Waals surface area (Å²) in [5.74, 6) is 5.75. The standard InChI is InChI=1S/C20H21F3N4O3S2/c1-3-6-15-13-26(32(29,30)17-8-5-4-7-16(17)31)9-10-27(15)18-24-11-14(12-25-18)19(2,28)20(21,22)23/h4-5,8,11-12,15,28H,7,9-10,13H2,1-2H3/t15-,19+/m0/s1. The normalized spacial score (nSPS) is 22.1. The van der Waals surface area contributed by atoms with Crippen molar-refractivity contribution in [3.8, 4) is 11.8 Å². The number of nitrogens with zero attached hydrogens (tertiary/aromatic N) is 4. The average molecular weight is 487 g/mol. The Morgan fingerprint density at radius 1 is 1.25 bits per heavy atom. The summed E-state index contributed by atoms with van der Waals surface area (Å²) in [7, 11) is -3.82. The molecule has 2 aliphatic rings. The molecule has 1 fully saturated rings. The van der Waals surface area contributed by atoms with Crippen LogP contribution in [0.2, 0.25) is 0 Å². The van der Waals surface area contributed by atoms with Gasteiger partial charge in [0.2, 0.25) is 16.0 Å². The quantitative estimate of drug-likeness (QED) is 0.516. The zero-order valence-corrected chi connectivity index (χ0v) is 18.9. The summed E-state index contributed by atoms with van der Waals surface area (Å²) in [6.07, 6.45) is 2.20. The van der Waals surface area contributed by atoms with Crippen molar-refractivity contribution in [3.63, 3.8) is 0 Å². The third-order valence-electron chi connectivity index (χ3n) is 5.24. The second-order valence-electron chi connectivity index (χ2n) is 7.39. The molecule has 0 aromatic carbocycles. The van der Waals surface area contributed by atoms with Crippen LogP contribution in [0.3, 0.4) is 0 Å². The summed E-state index contributed by atoms with van der Waals surface area (Å²) in [6.45, 7) is 2.50. The Bertz CT molecular complexity index is 1120. The molecule has 2 atom stereocenters. The number of aliphatic hydroxyl groups is 1. The number of thiocarbonyl (C=S) groups is 1. The maximum absolute atomic E-state index is 13.1. The SMILES string of the molecule is CC#C[C@H]1CN(S(=O)(=O)C2=CC=CCC2=S)CCN1c1ncc([C@@](C)(O)C(F)(F)F)cn1. The number of piperazine rings is 1. The van der Waals surface area contributed by atoms with E-state index in [1.54, 1.807) is 24.0 Å². The van der Waals surface area contributed by atoms with Gasteiger partial charge in [0.05, 0.1) is 4.91 Å². The fraction of sp³-hybridized carbons (Fsp3) is 0.450. The lowest BCUT2D eigenvalue weighted by molar-refractivity contribution is -0.259. The maximum Gasteiger partial charge on any atom is 0.421 e. The molecule has 1 aliphatic heterocycles. The highest BCUT2D eigenvalue weighted by Gasteiger charge is 2.51. The first kappa shape index (κ1) is 24.3. The van der Waals surface area contributed by atoms with Crippen molar-refractivity contribution >= 4 is 33.1 Å². The predicted molar refractivity (Wildman–Crippen MR) is 117 cm³/mol. The number of aromatic nitrogens is 2. The molecule has 0 bridgehead atoms. The van der Waals surface area contributed by atoms with Gasteiger partial charge in [0, 0.05) is 48.9 Å². The molecule has 0 spiro atoms. The summed E-state index contributed by atoms with van der Waals surface area (Å²) >= 11 is 5.21. The van der Waals surface area contributed by atoms with Crippen LogP contribution in [-0.4, -0.2) is 64.5 Å². The Labute approximate surface area is 189 Å². The molecule has 0 radical (unpaired) electrons. The molecule has 1 aliphatic carbocycles. The first-order valence-electron chi connectivity index (χ1n) is 9.60. The van der Waals surface area contributed by atoms with Gasteiger partial charge in [0.1, 0.15) is 6.04 Å². The van der Waals surface area contributed by atoms with Gasteiger partial charge in [0.15, 0.2) is 5.60 Å². The first-order valence-corrected chi connectivity index (χ1v) is 11.4. The largest absolute Gasteiger partial charge is 0.421 e. The molecule has 1 N–H and O–H groups in total. The molecular formula is C20H21F3N4O3S2. The summed E-state index contributed by atoms with van der Waals surface area (Å²) in [5.41, 5.74) is -3.60. The van der Waals surface area contributed by atoms with Crippen LogP contribution in [0.15, 0.2) is 35.5 Å². The van der Waals surface area contributed by atoms with Crippen molar-refractivity contribution in [1.29, 1.82) is 0 Å². The lowest BCUT2D eigenvalue weighted by Gasteiger charge is -2.39. The lowest BCUT2D eigenvalue weighted by atomic mass is 9.99. The van der Waals surface area contributed by atoms with E-state index in [0.717, 1.165) is 12.4 Å². The van der Waals surface area contributed by atoms with Gasteiger partial charge in [-0.15, -0.1) is 5.92 Å². The molecule has 1 aromatic rings. The zero-order chi connectivity index (χ0) is 23.7. The lowest BCUT2D eigenvalue weighted by Crippen LogP contribution is -2.55. The third-order valence-corrected chi connectivity index (χ3v) is 7.71. The summed E-state index contributed by atoms with van der Waals surface area (Å²) in [4.78, 5) is 10.0. The summed E-state index contributed by atoms with van der Waals surface area (Å²) < 4.78 is 66.7. The number of halogens is 3. The van der Waals surface area contributed by atoms with E-state index in [1.165, 1.54) is 10.4 Å². The number of rotatable bonds is 4. The van der Waals surface area contributed by atoms with Gasteiger partial charge in [-0.2, -0.15) is 17.5 Å². The van der Waals surface area contributed by atoms with E-state index in [2.05, 4.69) is 21.8 Å². The molecule has 0 amide bonds. The van der Waals surface area contributed by atoms with Gasteiger partial charge in [-0.1, -0.05) is 30.3 Å². The van der Waals surface area contributed by atoms with E-state index in [-0.39, 0.29) is 30.5 Å². The topological polar surface area (TPSA) is 86.6 Å². The van der Waals surface area contributed by atoms with Crippen molar-refractivity contribution in [2.24, 2.45) is 0 Å². The Morgan fingerprint density at radius 3 is 2.47 bits per heavy atom. The molecule has 12 heteroatoms. The van der Waals surface area contributed by atoms with Crippen molar-refractivity contribution in [2.75, 3.05) is 24.5 Å². The fourth-order valence-corrected chi connectivity index (χ4v) is 5.32. The molecule has 0 saturated carbocycles. The Balaban J connectivity index is 1.85. The van der Waals surface area contributed by atoms with Gasteiger partial charge >= 0.3 is 6.18 Å². The molecule has 1 saturated heterocycles. The minimum Gasteiger partial charge on any atom is -0.376 e. The fourth-order valence-electron chi connectivity index (χ4n) is 3.28. The maximum atomic E-state index is 13.1. The number of anilines is 1. The van der Waals surface area contributed by atoms with Crippen LogP contribution in [-0.2, 0) is 15.6 Å². The third kappa shape index (κ3) is 4.56. The molecule has 7 nitrogen and oxygen atoms in total. The minimum absolute atomic E-state index is 0.0121. The van der Waals surface area contributed by atoms with Gasteiger partial charge in [0.25, 0.3) is 0 Å². The average Bonchev–Trinajstić information content (AvgIpc) is 2.73. The van der Waals surface area contributed by atoms with Crippen LogP contribution in [0.4, 0.5) is 19.1 Å². The van der Waals surface area contributed by atoms with Crippen LogP contribution in [0.25, 0.3) is 0 Å². The molecule has 0 unspecified atom stereocenters. The van der Waals surface area contributed by atoms with Crippen molar-refractivity contribution in [2.45, 2.75) is 38.1 Å². The van der Waals surface area contributed by atoms with Crippen molar-refractivity contribution < 1.29 is 26.7 Å². The van der Waals surface area contributed by atoms with Gasteiger partial charge in [-0.05, 0) is 19.9 Å². The van der Waals surface area contributed by atoms with Gasteiger partial charge < -0.3 is 10.0 Å². The molecular weight excluding hydrogens is 465 g/mol. The van der Waals surface area contributed by atoms with E-state index >= 15 is 0 Å². The highest BCUT2D eigenvalue weighted by atomic mass is 32.2. The minimum atomic E-state index is -4.89. The highest BCUT2D eigenvalue weighted by Crippen LogP contribution is 2.38.